The lowest BCUT2D eigenvalue weighted by molar-refractivity contribution is 0.290. The number of allylic oxidation sites excluding steroid dienone is 9. The van der Waals surface area contributed by atoms with Gasteiger partial charge in [0.2, 0.25) is 0 Å². The van der Waals surface area contributed by atoms with Crippen LogP contribution in [0.15, 0.2) is 247 Å². The van der Waals surface area contributed by atoms with Crippen molar-refractivity contribution in [2.24, 2.45) is 11.8 Å². The lowest BCUT2D eigenvalue weighted by atomic mass is 9.73. The highest BCUT2D eigenvalue weighted by Gasteiger charge is 2.41. The second-order valence-corrected chi connectivity index (χ2v) is 17.1. The third-order valence-electron chi connectivity index (χ3n) is 13.4. The molecule has 0 N–H and O–H groups in total. The number of hydrogen-bond donors (Lipinski definition) is 0. The maximum atomic E-state index is 7.00. The van der Waals surface area contributed by atoms with E-state index in [-0.39, 0.29) is 17.8 Å². The quantitative estimate of drug-likeness (QED) is 0.142. The van der Waals surface area contributed by atoms with Crippen LogP contribution in [0.3, 0.4) is 0 Å². The molecule has 0 radical (unpaired) electrons. The number of hydrogen-bond acceptors (Lipinski definition) is 5. The first-order chi connectivity index (χ1) is 32.2. The molecule has 0 spiro atoms. The van der Waals surface area contributed by atoms with Crippen molar-refractivity contribution in [2.75, 3.05) is 9.80 Å². The van der Waals surface area contributed by atoms with Gasteiger partial charge in [-0.3, -0.25) is 0 Å². The van der Waals surface area contributed by atoms with E-state index in [0.717, 1.165) is 80.6 Å². The molecule has 13 rings (SSSR count). The number of rotatable bonds is 8. The normalized spacial score (nSPS) is 18.6. The van der Waals surface area contributed by atoms with Gasteiger partial charge in [-0.05, 0) is 101 Å². The van der Waals surface area contributed by atoms with Crippen LogP contribution < -0.4 is 24.0 Å². The summed E-state index contributed by atoms with van der Waals surface area (Å²) in [6.07, 6.45) is 16.3. The molecule has 5 aliphatic rings. The Morgan fingerprint density at radius 1 is 0.523 bits per heavy atom. The smallest absolute Gasteiger partial charge is 0.136 e. The summed E-state index contributed by atoms with van der Waals surface area (Å²) in [7, 11) is 0. The number of para-hydroxylation sites is 3. The third kappa shape index (κ3) is 6.30. The zero-order valence-electron chi connectivity index (χ0n) is 35.4. The van der Waals surface area contributed by atoms with E-state index in [9.17, 15) is 0 Å². The van der Waals surface area contributed by atoms with Gasteiger partial charge in [0.05, 0.1) is 11.6 Å². The minimum Gasteiger partial charge on any atom is -0.461 e. The Kier molecular flexibility index (Phi) is 8.73. The predicted octanol–water partition coefficient (Wildman–Crippen LogP) is 15.4. The fraction of sp³-hybridized carbons (Fsp3) is 0.0667. The second-order valence-electron chi connectivity index (χ2n) is 17.1. The van der Waals surface area contributed by atoms with Crippen molar-refractivity contribution in [1.29, 1.82) is 0 Å². The van der Waals surface area contributed by atoms with Crippen molar-refractivity contribution < 1.29 is 14.2 Å². The summed E-state index contributed by atoms with van der Waals surface area (Å²) in [4.78, 5) is 4.65. The minimum absolute atomic E-state index is 0.0175. The molecule has 0 saturated heterocycles. The van der Waals surface area contributed by atoms with Crippen LogP contribution >= 0.6 is 0 Å². The maximum absolute atomic E-state index is 7.00. The van der Waals surface area contributed by atoms with Gasteiger partial charge in [0, 0.05) is 75.0 Å². The molecule has 5 heteroatoms. The average Bonchev–Trinajstić information content (AvgIpc) is 3.74. The van der Waals surface area contributed by atoms with Crippen LogP contribution in [-0.2, 0) is 0 Å². The number of nitrogens with zero attached hydrogens (tertiary/aromatic N) is 2. The van der Waals surface area contributed by atoms with Crippen molar-refractivity contribution in [3.05, 3.63) is 259 Å². The molecule has 2 heterocycles. The first kappa shape index (κ1) is 37.3. The van der Waals surface area contributed by atoms with Gasteiger partial charge < -0.3 is 24.0 Å². The molecule has 5 nitrogen and oxygen atoms in total. The molecule has 0 aromatic heterocycles. The Bertz CT molecular complexity index is 3370. The minimum atomic E-state index is -0.0335. The molecule has 0 amide bonds. The number of anilines is 5. The Hall–Kier alpha value is -8.28. The monoisotopic (exact) mass is 838 g/mol. The van der Waals surface area contributed by atoms with E-state index in [0.29, 0.717) is 0 Å². The fourth-order valence-corrected chi connectivity index (χ4v) is 10.5. The molecule has 3 atom stereocenters. The highest BCUT2D eigenvalue weighted by atomic mass is 16.5. The lowest BCUT2D eigenvalue weighted by Gasteiger charge is -2.39. The zero-order valence-corrected chi connectivity index (χ0v) is 35.4. The highest BCUT2D eigenvalue weighted by Crippen LogP contribution is 2.53. The molecule has 0 saturated carbocycles. The summed E-state index contributed by atoms with van der Waals surface area (Å²) in [5, 5.41) is 4.82. The molecular formula is C60H42N2O3. The van der Waals surface area contributed by atoms with E-state index in [4.69, 9.17) is 14.2 Å². The van der Waals surface area contributed by atoms with E-state index in [1.54, 1.807) is 0 Å². The van der Waals surface area contributed by atoms with E-state index >= 15 is 0 Å². The van der Waals surface area contributed by atoms with Crippen molar-refractivity contribution in [1.82, 2.24) is 0 Å². The highest BCUT2D eigenvalue weighted by molar-refractivity contribution is 6.14. The molecule has 2 aliphatic heterocycles. The van der Waals surface area contributed by atoms with Crippen LogP contribution in [-0.4, -0.2) is 0 Å². The molecule has 8 aromatic carbocycles. The number of fused-ring (bicyclic) bond motifs is 8. The van der Waals surface area contributed by atoms with Crippen LogP contribution in [0.25, 0.3) is 27.1 Å². The SMILES string of the molecule is C1=CC2C(Oc3cccc(N(c4ccccc4)c4ccccc4)c3)=CC=C3c4ccc(N(C5=CCC6C(=C5)Oc5ccccc56)c5cc6ccccc6c6ccccc56)cc4OC(=C1)C32. The number of benzene rings is 8. The first-order valence-corrected chi connectivity index (χ1v) is 22.4. The Balaban J connectivity index is 0.884. The summed E-state index contributed by atoms with van der Waals surface area (Å²) in [6.45, 7) is 0. The average molecular weight is 839 g/mol. The lowest BCUT2D eigenvalue weighted by Crippen LogP contribution is -2.30. The summed E-state index contributed by atoms with van der Waals surface area (Å²) in [5.41, 5.74) is 9.92. The fourth-order valence-electron chi connectivity index (χ4n) is 10.5. The van der Waals surface area contributed by atoms with E-state index < -0.39 is 0 Å². The molecule has 0 fully saturated rings. The predicted molar refractivity (Wildman–Crippen MR) is 263 cm³/mol. The molecular weight excluding hydrogens is 797 g/mol. The first-order valence-electron chi connectivity index (χ1n) is 22.4. The Morgan fingerprint density at radius 2 is 1.23 bits per heavy atom. The van der Waals surface area contributed by atoms with Crippen LogP contribution in [0.1, 0.15) is 23.5 Å². The van der Waals surface area contributed by atoms with Crippen LogP contribution in [0.5, 0.6) is 17.2 Å². The van der Waals surface area contributed by atoms with Crippen LogP contribution in [0, 0.1) is 11.8 Å². The summed E-state index contributed by atoms with van der Waals surface area (Å²) in [6, 6.07) is 64.1. The molecule has 3 aliphatic carbocycles. The maximum Gasteiger partial charge on any atom is 0.136 e. The summed E-state index contributed by atoms with van der Waals surface area (Å²) >= 11 is 0. The zero-order chi connectivity index (χ0) is 42.8. The molecule has 65 heavy (non-hydrogen) atoms. The largest absolute Gasteiger partial charge is 0.461 e. The van der Waals surface area contributed by atoms with Crippen LogP contribution in [0.2, 0.25) is 0 Å². The molecule has 8 aromatic rings. The van der Waals surface area contributed by atoms with E-state index in [2.05, 4.69) is 210 Å². The topological polar surface area (TPSA) is 34.2 Å². The van der Waals surface area contributed by atoms with Crippen molar-refractivity contribution in [3.8, 4) is 17.2 Å². The van der Waals surface area contributed by atoms with Crippen molar-refractivity contribution in [2.45, 2.75) is 12.3 Å². The summed E-state index contributed by atoms with van der Waals surface area (Å²) < 4.78 is 20.4. The van der Waals surface area contributed by atoms with Gasteiger partial charge in [-0.15, -0.1) is 0 Å². The van der Waals surface area contributed by atoms with E-state index in [1.165, 1.54) is 32.7 Å². The van der Waals surface area contributed by atoms with Gasteiger partial charge in [0.15, 0.2) is 0 Å². The van der Waals surface area contributed by atoms with Gasteiger partial charge in [0.25, 0.3) is 0 Å². The Morgan fingerprint density at radius 3 is 2.08 bits per heavy atom. The standard InChI is InChI=1S/C60H42N2O3/c1-3-16-40(17-4-1)61(41-18-5-2-6-19-41)42-20-13-21-45(36-42)63-56-34-33-52-51-32-30-44(38-59(51)65-57-28-14-26-53(56)60(52)57)62(43-29-31-50-49-25-11-12-27-55(49)64-58(50)37-43)54-35-39-15-7-8-22-46(39)47-23-9-10-24-48(47)54/h1-30,32-38,50,53,60H,31H2. The van der Waals surface area contributed by atoms with Gasteiger partial charge in [0.1, 0.15) is 34.5 Å². The van der Waals surface area contributed by atoms with Crippen LogP contribution in [0.4, 0.5) is 28.4 Å². The Labute approximate surface area is 378 Å². The van der Waals surface area contributed by atoms with Crippen molar-refractivity contribution in [3.63, 3.8) is 0 Å². The van der Waals surface area contributed by atoms with Gasteiger partial charge in [-0.25, -0.2) is 0 Å². The van der Waals surface area contributed by atoms with Gasteiger partial charge in [-0.1, -0.05) is 133 Å². The van der Waals surface area contributed by atoms with E-state index in [1.807, 2.05) is 24.3 Å². The van der Waals surface area contributed by atoms with Gasteiger partial charge >= 0.3 is 0 Å². The molecule has 3 unspecified atom stereocenters. The van der Waals surface area contributed by atoms with Gasteiger partial charge in [-0.2, -0.15) is 0 Å². The summed E-state index contributed by atoms with van der Waals surface area (Å²) in [5.74, 6) is 5.49. The van der Waals surface area contributed by atoms with Crippen molar-refractivity contribution >= 4 is 55.6 Å². The third-order valence-corrected chi connectivity index (χ3v) is 13.4. The number of ether oxygens (including phenoxy) is 3. The molecule has 310 valence electrons. The molecule has 0 bridgehead atoms. The second kappa shape index (κ2) is 15.2.